The zero-order chi connectivity index (χ0) is 11.1. The van der Waals surface area contributed by atoms with E-state index in [1.807, 2.05) is 12.1 Å². The summed E-state index contributed by atoms with van der Waals surface area (Å²) in [6.45, 7) is 6.29. The molecular formula is C12H17N3. The van der Waals surface area contributed by atoms with Crippen molar-refractivity contribution >= 4 is 5.82 Å². The molecule has 0 atom stereocenters. The molecule has 0 aliphatic heterocycles. The Morgan fingerprint density at radius 3 is 2.67 bits per heavy atom. The van der Waals surface area contributed by atoms with Crippen LogP contribution in [-0.2, 0) is 0 Å². The molecule has 0 amide bonds. The molecule has 0 saturated carbocycles. The Morgan fingerprint density at radius 1 is 1.40 bits per heavy atom. The van der Waals surface area contributed by atoms with Crippen molar-refractivity contribution in [3.05, 3.63) is 23.9 Å². The lowest BCUT2D eigenvalue weighted by molar-refractivity contribution is 0.724. The fraction of sp³-hybridized carbons (Fsp3) is 0.500. The monoisotopic (exact) mass is 203 g/mol. The van der Waals surface area contributed by atoms with E-state index in [4.69, 9.17) is 5.26 Å². The predicted molar refractivity (Wildman–Crippen MR) is 61.7 cm³/mol. The molecule has 0 spiro atoms. The fourth-order valence-electron chi connectivity index (χ4n) is 1.42. The van der Waals surface area contributed by atoms with Crippen molar-refractivity contribution in [2.24, 2.45) is 0 Å². The molecule has 0 aliphatic rings. The van der Waals surface area contributed by atoms with Gasteiger partial charge in [0.1, 0.15) is 11.9 Å². The van der Waals surface area contributed by atoms with Crippen LogP contribution in [0.3, 0.4) is 0 Å². The third-order valence-electron chi connectivity index (χ3n) is 2.36. The van der Waals surface area contributed by atoms with Crippen LogP contribution in [-0.4, -0.2) is 18.1 Å². The van der Waals surface area contributed by atoms with Gasteiger partial charge in [-0.2, -0.15) is 5.26 Å². The van der Waals surface area contributed by atoms with Gasteiger partial charge in [-0.05, 0) is 25.5 Å². The van der Waals surface area contributed by atoms with Gasteiger partial charge in [0.05, 0.1) is 5.56 Å². The first-order valence-corrected chi connectivity index (χ1v) is 5.43. The highest BCUT2D eigenvalue weighted by Gasteiger charge is 2.04. The molecule has 0 aliphatic carbocycles. The van der Waals surface area contributed by atoms with E-state index in [0.717, 1.165) is 18.9 Å². The topological polar surface area (TPSA) is 39.9 Å². The van der Waals surface area contributed by atoms with Crippen LogP contribution in [0.2, 0.25) is 0 Å². The molecule has 0 aromatic carbocycles. The maximum atomic E-state index is 8.66. The van der Waals surface area contributed by atoms with E-state index in [0.29, 0.717) is 5.56 Å². The largest absolute Gasteiger partial charge is 0.357 e. The smallest absolute Gasteiger partial charge is 0.128 e. The molecule has 80 valence electrons. The van der Waals surface area contributed by atoms with Crippen molar-refractivity contribution in [2.45, 2.75) is 26.7 Å². The number of anilines is 1. The summed E-state index contributed by atoms with van der Waals surface area (Å²) in [5.41, 5.74) is 0.616. The molecule has 0 radical (unpaired) electrons. The van der Waals surface area contributed by atoms with Gasteiger partial charge in [-0.3, -0.25) is 0 Å². The number of hydrogen-bond acceptors (Lipinski definition) is 3. The van der Waals surface area contributed by atoms with Crippen molar-refractivity contribution in [2.75, 3.05) is 18.0 Å². The highest BCUT2D eigenvalue weighted by molar-refractivity contribution is 5.41. The summed E-state index contributed by atoms with van der Waals surface area (Å²) >= 11 is 0. The summed E-state index contributed by atoms with van der Waals surface area (Å²) in [5.74, 6) is 0.963. The van der Waals surface area contributed by atoms with Crippen molar-refractivity contribution in [1.29, 1.82) is 5.26 Å². The summed E-state index contributed by atoms with van der Waals surface area (Å²) in [7, 11) is 0. The van der Waals surface area contributed by atoms with E-state index in [1.54, 1.807) is 6.20 Å². The maximum absolute atomic E-state index is 8.66. The number of hydrogen-bond donors (Lipinski definition) is 0. The SMILES string of the molecule is CCCCN(CC)c1ccc(C#N)cn1. The predicted octanol–water partition coefficient (Wildman–Crippen LogP) is 2.58. The molecule has 1 aromatic rings. The number of nitriles is 1. The fourth-order valence-corrected chi connectivity index (χ4v) is 1.42. The van der Waals surface area contributed by atoms with E-state index in [9.17, 15) is 0 Å². The van der Waals surface area contributed by atoms with Crippen molar-refractivity contribution in [3.8, 4) is 6.07 Å². The Bertz CT molecular complexity index is 324. The second-order valence-corrected chi connectivity index (χ2v) is 3.45. The number of nitrogens with zero attached hydrogens (tertiary/aromatic N) is 3. The molecule has 0 saturated heterocycles. The normalized spacial score (nSPS) is 9.67. The first-order valence-electron chi connectivity index (χ1n) is 5.43. The summed E-state index contributed by atoms with van der Waals surface area (Å²) in [6, 6.07) is 5.80. The standard InChI is InChI=1S/C12H17N3/c1-3-5-8-15(4-2)12-7-6-11(9-13)10-14-12/h6-7,10H,3-5,8H2,1-2H3. The number of pyridine rings is 1. The minimum atomic E-state index is 0.616. The van der Waals surface area contributed by atoms with Gasteiger partial charge in [-0.1, -0.05) is 13.3 Å². The van der Waals surface area contributed by atoms with E-state index in [1.165, 1.54) is 12.8 Å². The van der Waals surface area contributed by atoms with Crippen LogP contribution in [0.5, 0.6) is 0 Å². The number of unbranched alkanes of at least 4 members (excludes halogenated alkanes) is 1. The Hall–Kier alpha value is -1.56. The van der Waals surface area contributed by atoms with Gasteiger partial charge in [-0.25, -0.2) is 4.98 Å². The Morgan fingerprint density at radius 2 is 2.20 bits per heavy atom. The molecule has 1 rings (SSSR count). The summed E-state index contributed by atoms with van der Waals surface area (Å²) in [6.07, 6.45) is 3.99. The lowest BCUT2D eigenvalue weighted by Crippen LogP contribution is -2.24. The van der Waals surface area contributed by atoms with Crippen LogP contribution in [0.15, 0.2) is 18.3 Å². The molecular weight excluding hydrogens is 186 g/mol. The van der Waals surface area contributed by atoms with Crippen LogP contribution in [0, 0.1) is 11.3 Å². The molecule has 0 bridgehead atoms. The average molecular weight is 203 g/mol. The summed E-state index contributed by atoms with van der Waals surface area (Å²) in [4.78, 5) is 6.50. The highest BCUT2D eigenvalue weighted by atomic mass is 15.2. The minimum Gasteiger partial charge on any atom is -0.357 e. The molecule has 3 nitrogen and oxygen atoms in total. The molecule has 0 unspecified atom stereocenters. The highest BCUT2D eigenvalue weighted by Crippen LogP contribution is 2.11. The molecule has 1 aromatic heterocycles. The maximum Gasteiger partial charge on any atom is 0.128 e. The van der Waals surface area contributed by atoms with Crippen molar-refractivity contribution < 1.29 is 0 Å². The van der Waals surface area contributed by atoms with E-state index >= 15 is 0 Å². The molecule has 3 heteroatoms. The van der Waals surface area contributed by atoms with Crippen LogP contribution in [0.1, 0.15) is 32.3 Å². The van der Waals surface area contributed by atoms with Crippen molar-refractivity contribution in [1.82, 2.24) is 4.98 Å². The number of rotatable bonds is 5. The minimum absolute atomic E-state index is 0.616. The molecule has 0 fully saturated rings. The second kappa shape index (κ2) is 6.02. The summed E-state index contributed by atoms with van der Waals surface area (Å²) < 4.78 is 0. The molecule has 15 heavy (non-hydrogen) atoms. The lowest BCUT2D eigenvalue weighted by atomic mass is 10.3. The van der Waals surface area contributed by atoms with E-state index in [-0.39, 0.29) is 0 Å². The van der Waals surface area contributed by atoms with Gasteiger partial charge in [0.25, 0.3) is 0 Å². The first-order chi connectivity index (χ1) is 7.31. The zero-order valence-electron chi connectivity index (χ0n) is 9.40. The lowest BCUT2D eigenvalue weighted by Gasteiger charge is -2.21. The van der Waals surface area contributed by atoms with Gasteiger partial charge >= 0.3 is 0 Å². The average Bonchev–Trinajstić information content (AvgIpc) is 2.31. The van der Waals surface area contributed by atoms with Gasteiger partial charge in [-0.15, -0.1) is 0 Å². The van der Waals surface area contributed by atoms with Gasteiger partial charge < -0.3 is 4.90 Å². The van der Waals surface area contributed by atoms with Crippen LogP contribution < -0.4 is 4.90 Å². The third-order valence-corrected chi connectivity index (χ3v) is 2.36. The van der Waals surface area contributed by atoms with Gasteiger partial charge in [0.15, 0.2) is 0 Å². The van der Waals surface area contributed by atoms with E-state index < -0.39 is 0 Å². The van der Waals surface area contributed by atoms with Gasteiger partial charge in [0, 0.05) is 19.3 Å². The summed E-state index contributed by atoms with van der Waals surface area (Å²) in [5, 5.41) is 8.66. The second-order valence-electron chi connectivity index (χ2n) is 3.45. The zero-order valence-corrected chi connectivity index (χ0v) is 9.40. The molecule has 0 N–H and O–H groups in total. The number of aromatic nitrogens is 1. The Balaban J connectivity index is 2.70. The molecule has 1 heterocycles. The third kappa shape index (κ3) is 3.25. The Kier molecular flexibility index (Phi) is 4.62. The van der Waals surface area contributed by atoms with Crippen molar-refractivity contribution in [3.63, 3.8) is 0 Å². The van der Waals surface area contributed by atoms with Crippen LogP contribution in [0.25, 0.3) is 0 Å². The Labute approximate surface area is 91.4 Å². The van der Waals surface area contributed by atoms with Crippen LogP contribution >= 0.6 is 0 Å². The van der Waals surface area contributed by atoms with E-state index in [2.05, 4.69) is 29.8 Å². The van der Waals surface area contributed by atoms with Crippen LogP contribution in [0.4, 0.5) is 5.82 Å². The van der Waals surface area contributed by atoms with Gasteiger partial charge in [0.2, 0.25) is 0 Å². The first kappa shape index (κ1) is 11.5. The quantitative estimate of drug-likeness (QED) is 0.738.